The number of ether oxygens (including phenoxy) is 2. The highest BCUT2D eigenvalue weighted by Gasteiger charge is 2.60. The maximum Gasteiger partial charge on any atom is 0.306 e. The maximum atomic E-state index is 12.9. The Bertz CT molecular complexity index is 1380. The molecule has 0 radical (unpaired) electrons. The summed E-state index contributed by atoms with van der Waals surface area (Å²) in [5, 5.41) is 0. The number of esters is 2. The fourth-order valence-electron chi connectivity index (χ4n) is 14.0. The minimum atomic E-state index is -0.140. The molecule has 0 N–H and O–H groups in total. The van der Waals surface area contributed by atoms with Gasteiger partial charge in [0.15, 0.2) is 0 Å². The molecule has 0 aromatic heterocycles. The average molecular weight is 687 g/mol. The number of fused-ring (bicyclic) bond motifs is 10. The standard InChI is InChI=1S/C44H62O6/c1-41-21-17-29(25-27(41)9-11-31-33-13-15-37(45)43(33,3)23-19-35(31)41)49-39(47)7-5-6-8-40(48)50-30-18-22-42(2)28(26-30)10-12-32-34-14-16-38(46)44(34,4)24-20-36(32)42/h9-10,29-36H,5-8,11-26H2,1-4H3/t29-,30-,31?,32?,33?,34?,35?,36?,41-,42-,43-,44-/m0/s1. The van der Waals surface area contributed by atoms with Crippen molar-refractivity contribution >= 4 is 23.5 Å². The SMILES string of the molecule is C[C@]12CC[C@H](OC(=O)CCCCC(=O)O[C@H]3CC[C@@]4(C)C(=CCC5C4CC[C@]4(C)C(=O)CCC54)C3)CC1=CCC1C2CC[C@]2(C)C(=O)CCC12. The third kappa shape index (κ3) is 5.53. The van der Waals surface area contributed by atoms with Crippen LogP contribution in [-0.2, 0) is 28.7 Å². The molecule has 0 saturated heterocycles. The van der Waals surface area contributed by atoms with Crippen LogP contribution in [0.15, 0.2) is 23.3 Å². The average Bonchev–Trinajstić information content (AvgIpc) is 3.57. The van der Waals surface area contributed by atoms with Crippen LogP contribution >= 0.6 is 0 Å². The van der Waals surface area contributed by atoms with Gasteiger partial charge in [-0.15, -0.1) is 0 Å². The molecule has 6 unspecified atom stereocenters. The number of hydrogen-bond donors (Lipinski definition) is 0. The molecular weight excluding hydrogens is 624 g/mol. The quantitative estimate of drug-likeness (QED) is 0.151. The first-order valence-electron chi connectivity index (χ1n) is 20.7. The fourth-order valence-corrected chi connectivity index (χ4v) is 14.0. The summed E-state index contributed by atoms with van der Waals surface area (Å²) in [6, 6.07) is 0. The largest absolute Gasteiger partial charge is 0.462 e. The highest BCUT2D eigenvalue weighted by molar-refractivity contribution is 5.87. The van der Waals surface area contributed by atoms with Crippen molar-refractivity contribution in [1.82, 2.24) is 0 Å². The third-order valence-corrected chi connectivity index (χ3v) is 17.1. The molecule has 6 saturated carbocycles. The molecule has 0 aliphatic heterocycles. The van der Waals surface area contributed by atoms with Crippen LogP contribution in [0.1, 0.15) is 156 Å². The zero-order chi connectivity index (χ0) is 35.1. The van der Waals surface area contributed by atoms with Crippen molar-refractivity contribution in [1.29, 1.82) is 0 Å². The summed E-state index contributed by atoms with van der Waals surface area (Å²) in [7, 11) is 0. The molecule has 50 heavy (non-hydrogen) atoms. The molecule has 6 heteroatoms. The van der Waals surface area contributed by atoms with Gasteiger partial charge in [-0.3, -0.25) is 19.2 Å². The molecule has 8 rings (SSSR count). The van der Waals surface area contributed by atoms with Crippen molar-refractivity contribution in [3.8, 4) is 0 Å². The molecule has 6 fully saturated rings. The van der Waals surface area contributed by atoms with Crippen molar-refractivity contribution in [2.45, 2.75) is 168 Å². The minimum absolute atomic E-state index is 0.0506. The summed E-state index contributed by atoms with van der Waals surface area (Å²) < 4.78 is 12.0. The van der Waals surface area contributed by atoms with Crippen LogP contribution in [-0.4, -0.2) is 35.7 Å². The van der Waals surface area contributed by atoms with Crippen molar-refractivity contribution in [2.75, 3.05) is 0 Å². The van der Waals surface area contributed by atoms with Gasteiger partial charge in [-0.1, -0.05) is 51.0 Å². The second-order valence-electron chi connectivity index (χ2n) is 19.3. The normalized spacial score (nSPS) is 46.2. The van der Waals surface area contributed by atoms with Gasteiger partial charge in [0.2, 0.25) is 0 Å². The Morgan fingerprint density at radius 3 is 1.38 bits per heavy atom. The number of rotatable bonds is 7. The number of carbonyl (C=O) groups is 4. The third-order valence-electron chi connectivity index (χ3n) is 17.1. The van der Waals surface area contributed by atoms with E-state index in [0.29, 0.717) is 72.8 Å². The first kappa shape index (κ1) is 34.8. The highest BCUT2D eigenvalue weighted by Crippen LogP contribution is 2.65. The number of allylic oxidation sites excluding steroid dienone is 2. The van der Waals surface area contributed by atoms with E-state index in [1.807, 2.05) is 0 Å². The molecule has 0 spiro atoms. The number of unbranched alkanes of at least 4 members (excludes halogenated alkanes) is 1. The van der Waals surface area contributed by atoms with Gasteiger partial charge < -0.3 is 9.47 Å². The lowest BCUT2D eigenvalue weighted by Crippen LogP contribution is -2.50. The van der Waals surface area contributed by atoms with E-state index in [1.165, 1.54) is 11.1 Å². The monoisotopic (exact) mass is 686 g/mol. The summed E-state index contributed by atoms with van der Waals surface area (Å²) >= 11 is 0. The van der Waals surface area contributed by atoms with Gasteiger partial charge in [-0.2, -0.15) is 0 Å². The zero-order valence-corrected chi connectivity index (χ0v) is 31.4. The molecular formula is C44H62O6. The second kappa shape index (κ2) is 12.7. The van der Waals surface area contributed by atoms with Crippen molar-refractivity contribution in [3.05, 3.63) is 23.3 Å². The molecule has 8 aliphatic rings. The van der Waals surface area contributed by atoms with Gasteiger partial charge in [0.25, 0.3) is 0 Å². The molecule has 0 aromatic carbocycles. The lowest BCUT2D eigenvalue weighted by Gasteiger charge is -2.56. The summed E-state index contributed by atoms with van der Waals surface area (Å²) in [5.74, 6) is 4.29. The Kier molecular flexibility index (Phi) is 8.85. The van der Waals surface area contributed by atoms with Crippen LogP contribution < -0.4 is 0 Å². The molecule has 0 amide bonds. The lowest BCUT2D eigenvalue weighted by atomic mass is 9.48. The van der Waals surface area contributed by atoms with Crippen molar-refractivity contribution < 1.29 is 28.7 Å². The van der Waals surface area contributed by atoms with E-state index in [4.69, 9.17) is 9.47 Å². The Morgan fingerprint density at radius 2 is 0.960 bits per heavy atom. The summed E-state index contributed by atoms with van der Waals surface area (Å²) in [6.45, 7) is 9.38. The minimum Gasteiger partial charge on any atom is -0.462 e. The van der Waals surface area contributed by atoms with Crippen molar-refractivity contribution in [2.24, 2.45) is 57.2 Å². The number of carbonyl (C=O) groups excluding carboxylic acids is 4. The molecule has 0 heterocycles. The van der Waals surface area contributed by atoms with Gasteiger partial charge in [0.1, 0.15) is 23.8 Å². The molecule has 274 valence electrons. The van der Waals surface area contributed by atoms with Crippen LogP contribution in [0.5, 0.6) is 0 Å². The predicted octanol–water partition coefficient (Wildman–Crippen LogP) is 9.43. The summed E-state index contributed by atoms with van der Waals surface area (Å²) in [4.78, 5) is 51.3. The van der Waals surface area contributed by atoms with E-state index in [-0.39, 0.29) is 45.8 Å². The van der Waals surface area contributed by atoms with E-state index in [0.717, 1.165) is 103 Å². The van der Waals surface area contributed by atoms with E-state index in [9.17, 15) is 19.2 Å². The number of Topliss-reactive ketones (excluding diaryl/α,β-unsaturated/α-hetero) is 2. The van der Waals surface area contributed by atoms with Gasteiger partial charge in [0, 0.05) is 49.4 Å². The first-order chi connectivity index (χ1) is 23.8. The second-order valence-corrected chi connectivity index (χ2v) is 19.3. The number of hydrogen-bond acceptors (Lipinski definition) is 6. The fraction of sp³-hybridized carbons (Fsp3) is 0.818. The summed E-state index contributed by atoms with van der Waals surface area (Å²) in [6.07, 6.45) is 22.6. The van der Waals surface area contributed by atoms with Crippen LogP contribution in [0.3, 0.4) is 0 Å². The van der Waals surface area contributed by atoms with Crippen molar-refractivity contribution in [3.63, 3.8) is 0 Å². The smallest absolute Gasteiger partial charge is 0.306 e. The Morgan fingerprint density at radius 1 is 0.580 bits per heavy atom. The predicted molar refractivity (Wildman–Crippen MR) is 192 cm³/mol. The molecule has 8 aliphatic carbocycles. The molecule has 0 aromatic rings. The Hall–Kier alpha value is -2.24. The lowest BCUT2D eigenvalue weighted by molar-refractivity contribution is -0.154. The van der Waals surface area contributed by atoms with Gasteiger partial charge in [-0.25, -0.2) is 0 Å². The highest BCUT2D eigenvalue weighted by atomic mass is 16.5. The van der Waals surface area contributed by atoms with Gasteiger partial charge in [0.05, 0.1) is 0 Å². The van der Waals surface area contributed by atoms with Gasteiger partial charge >= 0.3 is 11.9 Å². The topological polar surface area (TPSA) is 86.7 Å². The molecule has 0 bridgehead atoms. The van der Waals surface area contributed by atoms with E-state index in [1.54, 1.807) is 0 Å². The Labute approximate surface area is 300 Å². The number of ketones is 2. The van der Waals surface area contributed by atoms with Crippen LogP contribution in [0.25, 0.3) is 0 Å². The first-order valence-corrected chi connectivity index (χ1v) is 20.7. The van der Waals surface area contributed by atoms with E-state index in [2.05, 4.69) is 39.8 Å². The van der Waals surface area contributed by atoms with Crippen LogP contribution in [0.4, 0.5) is 0 Å². The Balaban J connectivity index is 0.766. The van der Waals surface area contributed by atoms with Gasteiger partial charge in [-0.05, 0) is 136 Å². The zero-order valence-electron chi connectivity index (χ0n) is 31.4. The summed E-state index contributed by atoms with van der Waals surface area (Å²) in [5.41, 5.74) is 3.11. The molecule has 6 nitrogen and oxygen atoms in total. The van der Waals surface area contributed by atoms with Crippen LogP contribution in [0.2, 0.25) is 0 Å². The van der Waals surface area contributed by atoms with E-state index >= 15 is 0 Å². The van der Waals surface area contributed by atoms with E-state index < -0.39 is 0 Å². The molecule has 12 atom stereocenters. The maximum absolute atomic E-state index is 12.9. The van der Waals surface area contributed by atoms with Crippen LogP contribution in [0, 0.1) is 57.2 Å².